The van der Waals surface area contributed by atoms with Gasteiger partial charge in [-0.3, -0.25) is 9.69 Å². The number of tetrazole rings is 1. The zero-order chi connectivity index (χ0) is 27.6. The predicted molar refractivity (Wildman–Crippen MR) is 136 cm³/mol. The number of carbonyl (C=O) groups is 2. The second kappa shape index (κ2) is 10.7. The molecule has 6 rings (SSSR count). The fourth-order valence-electron chi connectivity index (χ4n) is 5.06. The number of ether oxygens (including phenoxy) is 3. The topological polar surface area (TPSA) is 182 Å². The molecule has 4 heterocycles. The van der Waals surface area contributed by atoms with Crippen molar-refractivity contribution in [1.29, 1.82) is 5.26 Å². The van der Waals surface area contributed by atoms with Crippen molar-refractivity contribution in [3.63, 3.8) is 0 Å². The van der Waals surface area contributed by atoms with Gasteiger partial charge in [0.2, 0.25) is 0 Å². The van der Waals surface area contributed by atoms with Gasteiger partial charge in [-0.1, -0.05) is 0 Å². The lowest BCUT2D eigenvalue weighted by atomic mass is 10.0. The van der Waals surface area contributed by atoms with Gasteiger partial charge in [-0.2, -0.15) is 5.26 Å². The van der Waals surface area contributed by atoms with Crippen molar-refractivity contribution >= 4 is 23.6 Å². The van der Waals surface area contributed by atoms with Crippen LogP contribution in [0.1, 0.15) is 28.9 Å². The number of nitriles is 1. The molecular formula is C25H26N10O5. The summed E-state index contributed by atoms with van der Waals surface area (Å²) in [5.41, 5.74) is 2.81. The van der Waals surface area contributed by atoms with E-state index < -0.39 is 6.09 Å². The number of hydrogen-bond donors (Lipinski definition) is 2. The largest absolute Gasteiger partial charge is 0.485 e. The Kier molecular flexibility index (Phi) is 6.83. The molecular weight excluding hydrogens is 520 g/mol. The van der Waals surface area contributed by atoms with Gasteiger partial charge in [-0.15, -0.1) is 5.10 Å². The van der Waals surface area contributed by atoms with Crippen molar-refractivity contribution in [2.75, 3.05) is 36.5 Å². The van der Waals surface area contributed by atoms with Crippen molar-refractivity contribution in [3.05, 3.63) is 40.8 Å². The van der Waals surface area contributed by atoms with Crippen molar-refractivity contribution in [1.82, 2.24) is 35.5 Å². The highest BCUT2D eigenvalue weighted by atomic mass is 16.6. The van der Waals surface area contributed by atoms with Crippen molar-refractivity contribution in [2.45, 2.75) is 32.0 Å². The van der Waals surface area contributed by atoms with Gasteiger partial charge in [-0.05, 0) is 72.0 Å². The Morgan fingerprint density at radius 3 is 3.02 bits per heavy atom. The van der Waals surface area contributed by atoms with E-state index in [9.17, 15) is 14.9 Å². The fraction of sp³-hybridized carbons (Fsp3) is 0.440. The molecule has 0 saturated carbocycles. The average molecular weight is 547 g/mol. The zero-order valence-corrected chi connectivity index (χ0v) is 21.7. The molecule has 15 heteroatoms. The Morgan fingerprint density at radius 2 is 2.20 bits per heavy atom. The molecule has 1 aliphatic carbocycles. The molecule has 2 N–H and O–H groups in total. The monoisotopic (exact) mass is 546 g/mol. The zero-order valence-electron chi connectivity index (χ0n) is 21.7. The number of nitrogens with one attached hydrogen (secondary N) is 2. The number of aryl methyl sites for hydroxylation is 1. The second-order valence-corrected chi connectivity index (χ2v) is 9.83. The van der Waals surface area contributed by atoms with E-state index in [1.807, 2.05) is 6.07 Å². The van der Waals surface area contributed by atoms with Gasteiger partial charge in [0.1, 0.15) is 18.5 Å². The van der Waals surface area contributed by atoms with E-state index in [2.05, 4.69) is 42.2 Å². The molecule has 0 bridgehead atoms. The summed E-state index contributed by atoms with van der Waals surface area (Å²) in [6.45, 7) is 1.85. The Hall–Kier alpha value is -4.84. The van der Waals surface area contributed by atoms with Crippen LogP contribution in [0.3, 0.4) is 0 Å². The first-order chi connectivity index (χ1) is 19.5. The lowest BCUT2D eigenvalue weighted by Crippen LogP contribution is -2.30. The molecule has 2 amide bonds. The van der Waals surface area contributed by atoms with Gasteiger partial charge in [0, 0.05) is 7.05 Å². The van der Waals surface area contributed by atoms with Gasteiger partial charge in [0.25, 0.3) is 11.8 Å². The van der Waals surface area contributed by atoms with E-state index in [1.54, 1.807) is 17.8 Å². The van der Waals surface area contributed by atoms with Gasteiger partial charge in [-0.25, -0.2) is 19.4 Å². The van der Waals surface area contributed by atoms with E-state index in [-0.39, 0.29) is 36.9 Å². The molecule has 1 aromatic carbocycles. The molecule has 40 heavy (non-hydrogen) atoms. The normalized spacial score (nSPS) is 19.4. The lowest BCUT2D eigenvalue weighted by molar-refractivity contribution is -0.118. The SMILES string of the molecule is Cn1nnnc1COc1cc(C#N)c2c(c1)CC(CNCCC1CN(c3cnc4c(n3)NC(=O)CO4)C(=O)O1)C2. The van der Waals surface area contributed by atoms with Gasteiger partial charge in [0.05, 0.1) is 24.4 Å². The first kappa shape index (κ1) is 25.4. The van der Waals surface area contributed by atoms with Crippen molar-refractivity contribution < 1.29 is 23.8 Å². The number of fused-ring (bicyclic) bond motifs is 2. The highest BCUT2D eigenvalue weighted by Gasteiger charge is 2.34. The van der Waals surface area contributed by atoms with Crippen LogP contribution in [0.2, 0.25) is 0 Å². The Balaban J connectivity index is 0.982. The number of cyclic esters (lactones) is 1. The molecule has 206 valence electrons. The highest BCUT2D eigenvalue weighted by molar-refractivity contribution is 5.94. The molecule has 3 aromatic rings. The van der Waals surface area contributed by atoms with Gasteiger partial charge in [0.15, 0.2) is 24.1 Å². The Labute approximate surface area is 228 Å². The number of amides is 2. The third kappa shape index (κ3) is 5.21. The first-order valence-corrected chi connectivity index (χ1v) is 12.9. The quantitative estimate of drug-likeness (QED) is 0.355. The van der Waals surface area contributed by atoms with Gasteiger partial charge >= 0.3 is 6.09 Å². The van der Waals surface area contributed by atoms with Crippen LogP contribution in [0.25, 0.3) is 0 Å². The van der Waals surface area contributed by atoms with Crippen LogP contribution in [0, 0.1) is 17.2 Å². The summed E-state index contributed by atoms with van der Waals surface area (Å²) < 4.78 is 18.1. The summed E-state index contributed by atoms with van der Waals surface area (Å²) in [5.74, 6) is 1.92. The number of nitrogens with zero attached hydrogens (tertiary/aromatic N) is 8. The van der Waals surface area contributed by atoms with Crippen LogP contribution in [-0.4, -0.2) is 74.5 Å². The lowest BCUT2D eigenvalue weighted by Gasteiger charge is -2.18. The summed E-state index contributed by atoms with van der Waals surface area (Å²) in [6.07, 6.45) is 2.88. The average Bonchev–Trinajstić information content (AvgIpc) is 3.66. The van der Waals surface area contributed by atoms with Crippen LogP contribution >= 0.6 is 0 Å². The van der Waals surface area contributed by atoms with Crippen LogP contribution in [0.4, 0.5) is 16.4 Å². The number of benzene rings is 1. The maximum Gasteiger partial charge on any atom is 0.415 e. The fourth-order valence-corrected chi connectivity index (χ4v) is 5.06. The van der Waals surface area contributed by atoms with Crippen LogP contribution in [-0.2, 0) is 36.0 Å². The smallest absolute Gasteiger partial charge is 0.415 e. The Morgan fingerprint density at radius 1 is 1.30 bits per heavy atom. The summed E-state index contributed by atoms with van der Waals surface area (Å²) in [4.78, 5) is 33.8. The van der Waals surface area contributed by atoms with E-state index in [1.165, 1.54) is 11.1 Å². The van der Waals surface area contributed by atoms with Crippen LogP contribution < -0.4 is 25.0 Å². The number of rotatable bonds is 9. The molecule has 3 aliphatic rings. The minimum atomic E-state index is -0.508. The molecule has 1 fully saturated rings. The van der Waals surface area contributed by atoms with E-state index in [4.69, 9.17) is 14.2 Å². The maximum atomic E-state index is 12.5. The standard InChI is InChI=1S/C25H26N10O5/c1-34-21(31-32-33-34)12-38-18-6-15-4-14(5-19(15)16(7-18)8-26)9-27-3-2-17-11-35(25(37)40-17)20-10-28-24-23(29-20)30-22(36)13-39-24/h6-7,10,14,17,27H,2-5,9,11-13H2,1H3,(H,29,30,36). The van der Waals surface area contributed by atoms with Crippen molar-refractivity contribution in [3.8, 4) is 17.7 Å². The molecule has 1 saturated heterocycles. The van der Waals surface area contributed by atoms with E-state index in [0.29, 0.717) is 48.4 Å². The van der Waals surface area contributed by atoms with Crippen molar-refractivity contribution in [2.24, 2.45) is 13.0 Å². The molecule has 0 radical (unpaired) electrons. The van der Waals surface area contributed by atoms with Crippen LogP contribution in [0.5, 0.6) is 11.6 Å². The molecule has 2 aliphatic heterocycles. The summed E-state index contributed by atoms with van der Waals surface area (Å²) in [6, 6.07) is 6.07. The molecule has 2 aromatic heterocycles. The maximum absolute atomic E-state index is 12.5. The second-order valence-electron chi connectivity index (χ2n) is 9.83. The molecule has 0 spiro atoms. The Bertz CT molecular complexity index is 1500. The predicted octanol–water partition coefficient (Wildman–Crippen LogP) is 0.502. The molecule has 2 unspecified atom stereocenters. The third-order valence-corrected chi connectivity index (χ3v) is 7.06. The number of anilines is 2. The van der Waals surface area contributed by atoms with Crippen LogP contribution in [0.15, 0.2) is 18.3 Å². The number of hydrogen-bond acceptors (Lipinski definition) is 12. The van der Waals surface area contributed by atoms with E-state index >= 15 is 0 Å². The summed E-state index contributed by atoms with van der Waals surface area (Å²) in [5, 5.41) is 27.1. The first-order valence-electron chi connectivity index (χ1n) is 12.9. The van der Waals surface area contributed by atoms with Gasteiger partial charge < -0.3 is 24.8 Å². The summed E-state index contributed by atoms with van der Waals surface area (Å²) >= 11 is 0. The molecule has 15 nitrogen and oxygen atoms in total. The number of aromatic nitrogens is 6. The minimum absolute atomic E-state index is 0.119. The number of carbonyl (C=O) groups excluding carboxylic acids is 2. The molecule has 2 atom stereocenters. The third-order valence-electron chi connectivity index (χ3n) is 7.06. The minimum Gasteiger partial charge on any atom is -0.485 e. The highest BCUT2D eigenvalue weighted by Crippen LogP contribution is 2.33. The summed E-state index contributed by atoms with van der Waals surface area (Å²) in [7, 11) is 1.74. The van der Waals surface area contributed by atoms with E-state index in [0.717, 1.165) is 30.5 Å².